The number of carbonyl (C=O) groups excluding carboxylic acids is 1. The number of hydrogen-bond donors (Lipinski definition) is 2. The summed E-state index contributed by atoms with van der Waals surface area (Å²) in [5, 5.41) is 31.3. The Labute approximate surface area is 175 Å². The van der Waals surface area contributed by atoms with Crippen molar-refractivity contribution >= 4 is 17.2 Å². The van der Waals surface area contributed by atoms with Crippen LogP contribution in [0.15, 0.2) is 30.0 Å². The normalized spacial score (nSPS) is 14.3. The van der Waals surface area contributed by atoms with Crippen LogP contribution < -0.4 is 10.1 Å². The summed E-state index contributed by atoms with van der Waals surface area (Å²) < 4.78 is 7.01. The zero-order valence-electron chi connectivity index (χ0n) is 17.3. The maximum atomic E-state index is 12.3. The molecule has 1 aliphatic heterocycles. The van der Waals surface area contributed by atoms with Gasteiger partial charge in [-0.1, -0.05) is 6.42 Å². The first-order chi connectivity index (χ1) is 14.5. The Hall–Kier alpha value is -3.38. The Morgan fingerprint density at radius 1 is 1.27 bits per heavy atom. The number of ether oxygens (including phenoxy) is 1. The Morgan fingerprint density at radius 2 is 2.03 bits per heavy atom. The van der Waals surface area contributed by atoms with Gasteiger partial charge in [-0.05, 0) is 44.2 Å². The standard InChI is InChI=1S/C21H26N6O3/c1-26(14-20(29)23-15-7-9-16(30-2)10-8-15)13-18(28)17(12-22)21-25-24-19-6-4-3-5-11-27(19)21/h7-10,28H,3-6,11,13-14H2,1-2H3,(H,23,29)/b18-17-. The molecule has 2 heterocycles. The number of nitriles is 1. The number of rotatable bonds is 7. The summed E-state index contributed by atoms with van der Waals surface area (Å²) in [5.74, 6) is 1.58. The second-order valence-corrected chi connectivity index (χ2v) is 7.28. The summed E-state index contributed by atoms with van der Waals surface area (Å²) in [7, 11) is 3.28. The van der Waals surface area contributed by atoms with E-state index in [0.29, 0.717) is 17.3 Å². The average molecular weight is 410 g/mol. The van der Waals surface area contributed by atoms with Gasteiger partial charge in [0.1, 0.15) is 29.0 Å². The van der Waals surface area contributed by atoms with Crippen LogP contribution >= 0.6 is 0 Å². The van der Waals surface area contributed by atoms with Crippen LogP contribution in [-0.2, 0) is 17.8 Å². The lowest BCUT2D eigenvalue weighted by molar-refractivity contribution is -0.117. The highest BCUT2D eigenvalue weighted by Gasteiger charge is 2.21. The number of hydrogen-bond acceptors (Lipinski definition) is 7. The van der Waals surface area contributed by atoms with Gasteiger partial charge in [-0.25, -0.2) is 0 Å². The smallest absolute Gasteiger partial charge is 0.238 e. The molecular formula is C21H26N6O3. The molecule has 158 valence electrons. The van der Waals surface area contributed by atoms with Crippen molar-refractivity contribution in [1.82, 2.24) is 19.7 Å². The number of fused-ring (bicyclic) bond motifs is 1. The fourth-order valence-electron chi connectivity index (χ4n) is 3.42. The number of allylic oxidation sites excluding steroid dienone is 1. The van der Waals surface area contributed by atoms with E-state index < -0.39 is 0 Å². The Bertz CT molecular complexity index is 958. The number of carbonyl (C=O) groups is 1. The fraction of sp³-hybridized carbons (Fsp3) is 0.429. The van der Waals surface area contributed by atoms with Gasteiger partial charge in [0.2, 0.25) is 5.91 Å². The molecular weight excluding hydrogens is 384 g/mol. The van der Waals surface area contributed by atoms with Crippen LogP contribution in [0, 0.1) is 11.3 Å². The van der Waals surface area contributed by atoms with E-state index in [1.165, 1.54) is 0 Å². The van der Waals surface area contributed by atoms with Crippen LogP contribution in [0.2, 0.25) is 0 Å². The molecule has 0 aliphatic carbocycles. The van der Waals surface area contributed by atoms with E-state index in [1.807, 2.05) is 4.57 Å². The Kier molecular flexibility index (Phi) is 7.03. The zero-order valence-corrected chi connectivity index (χ0v) is 17.3. The molecule has 3 rings (SSSR count). The summed E-state index contributed by atoms with van der Waals surface area (Å²) >= 11 is 0. The van der Waals surface area contributed by atoms with Gasteiger partial charge in [0, 0.05) is 18.7 Å². The van der Waals surface area contributed by atoms with Crippen molar-refractivity contribution in [2.24, 2.45) is 0 Å². The number of nitrogens with zero attached hydrogens (tertiary/aromatic N) is 5. The lowest BCUT2D eigenvalue weighted by Crippen LogP contribution is -2.31. The summed E-state index contributed by atoms with van der Waals surface area (Å²) in [6.45, 7) is 0.824. The molecule has 0 spiro atoms. The predicted molar refractivity (Wildman–Crippen MR) is 112 cm³/mol. The van der Waals surface area contributed by atoms with Gasteiger partial charge in [-0.15, -0.1) is 10.2 Å². The Balaban J connectivity index is 1.65. The van der Waals surface area contributed by atoms with Crippen LogP contribution in [0.5, 0.6) is 5.75 Å². The van der Waals surface area contributed by atoms with E-state index in [4.69, 9.17) is 4.74 Å². The third kappa shape index (κ3) is 5.15. The summed E-state index contributed by atoms with van der Waals surface area (Å²) in [6.07, 6.45) is 3.95. The average Bonchev–Trinajstić information content (AvgIpc) is 2.96. The summed E-state index contributed by atoms with van der Waals surface area (Å²) in [4.78, 5) is 13.9. The van der Waals surface area contributed by atoms with Gasteiger partial charge in [-0.2, -0.15) is 5.26 Å². The number of amides is 1. The van der Waals surface area contributed by atoms with Gasteiger partial charge < -0.3 is 19.7 Å². The molecule has 1 aromatic carbocycles. The number of aryl methyl sites for hydroxylation is 1. The summed E-state index contributed by atoms with van der Waals surface area (Å²) in [6, 6.07) is 9.07. The number of likely N-dealkylation sites (N-methyl/N-ethyl adjacent to an activating group) is 1. The SMILES string of the molecule is COc1ccc(NC(=O)CN(C)C/C(O)=C(\C#N)c2nnc3n2CCCCC3)cc1. The highest BCUT2D eigenvalue weighted by atomic mass is 16.5. The largest absolute Gasteiger partial charge is 0.509 e. The second-order valence-electron chi connectivity index (χ2n) is 7.28. The van der Waals surface area contributed by atoms with Crippen molar-refractivity contribution in [2.75, 3.05) is 32.6 Å². The number of anilines is 1. The van der Waals surface area contributed by atoms with E-state index in [1.54, 1.807) is 43.3 Å². The van der Waals surface area contributed by atoms with Crippen molar-refractivity contribution in [3.05, 3.63) is 41.7 Å². The van der Waals surface area contributed by atoms with Crippen molar-refractivity contribution in [3.63, 3.8) is 0 Å². The van der Waals surface area contributed by atoms with Crippen molar-refractivity contribution in [2.45, 2.75) is 32.2 Å². The van der Waals surface area contributed by atoms with E-state index in [-0.39, 0.29) is 30.3 Å². The van der Waals surface area contributed by atoms with Crippen molar-refractivity contribution in [1.29, 1.82) is 5.26 Å². The fourth-order valence-corrected chi connectivity index (χ4v) is 3.42. The predicted octanol–water partition coefficient (Wildman–Crippen LogP) is 2.38. The third-order valence-corrected chi connectivity index (χ3v) is 4.94. The first kappa shape index (κ1) is 21.3. The molecule has 1 aromatic heterocycles. The zero-order chi connectivity index (χ0) is 21.5. The molecule has 0 saturated carbocycles. The molecule has 2 aromatic rings. The van der Waals surface area contributed by atoms with Gasteiger partial charge in [0.05, 0.1) is 20.2 Å². The van der Waals surface area contributed by atoms with Gasteiger partial charge in [-0.3, -0.25) is 9.69 Å². The van der Waals surface area contributed by atoms with Crippen LogP contribution in [0.4, 0.5) is 5.69 Å². The molecule has 0 radical (unpaired) electrons. The molecule has 1 aliphatic rings. The van der Waals surface area contributed by atoms with Crippen LogP contribution in [0.25, 0.3) is 5.57 Å². The minimum Gasteiger partial charge on any atom is -0.509 e. The monoisotopic (exact) mass is 410 g/mol. The topological polar surface area (TPSA) is 116 Å². The number of aliphatic hydroxyl groups is 1. The lowest BCUT2D eigenvalue weighted by atomic mass is 10.2. The molecule has 9 nitrogen and oxygen atoms in total. The summed E-state index contributed by atoms with van der Waals surface area (Å²) in [5.41, 5.74) is 0.746. The number of benzene rings is 1. The highest BCUT2D eigenvalue weighted by Crippen LogP contribution is 2.21. The number of methoxy groups -OCH3 is 1. The van der Waals surface area contributed by atoms with E-state index in [2.05, 4.69) is 21.6 Å². The minimum atomic E-state index is -0.231. The molecule has 30 heavy (non-hydrogen) atoms. The molecule has 1 amide bonds. The van der Waals surface area contributed by atoms with Gasteiger partial charge in [0.25, 0.3) is 0 Å². The van der Waals surface area contributed by atoms with E-state index >= 15 is 0 Å². The first-order valence-electron chi connectivity index (χ1n) is 9.89. The number of aliphatic hydroxyl groups excluding tert-OH is 1. The molecule has 0 unspecified atom stereocenters. The van der Waals surface area contributed by atoms with E-state index in [0.717, 1.165) is 38.1 Å². The first-order valence-corrected chi connectivity index (χ1v) is 9.89. The molecule has 0 atom stereocenters. The van der Waals surface area contributed by atoms with Crippen LogP contribution in [0.3, 0.4) is 0 Å². The second kappa shape index (κ2) is 9.89. The van der Waals surface area contributed by atoms with E-state index in [9.17, 15) is 15.2 Å². The molecule has 0 bridgehead atoms. The molecule has 9 heteroatoms. The van der Waals surface area contributed by atoms with Crippen molar-refractivity contribution in [3.8, 4) is 11.8 Å². The van der Waals surface area contributed by atoms with Crippen molar-refractivity contribution < 1.29 is 14.6 Å². The van der Waals surface area contributed by atoms with Gasteiger partial charge in [0.15, 0.2) is 5.82 Å². The highest BCUT2D eigenvalue weighted by molar-refractivity contribution is 5.92. The van der Waals surface area contributed by atoms with Crippen LogP contribution in [0.1, 0.15) is 30.9 Å². The lowest BCUT2D eigenvalue weighted by Gasteiger charge is -2.17. The molecule has 0 fully saturated rings. The number of aromatic nitrogens is 3. The molecule has 2 N–H and O–H groups in total. The maximum Gasteiger partial charge on any atom is 0.238 e. The maximum absolute atomic E-state index is 12.3. The Morgan fingerprint density at radius 3 is 2.73 bits per heavy atom. The molecule has 0 saturated heterocycles. The minimum absolute atomic E-state index is 0.0428. The van der Waals surface area contributed by atoms with Gasteiger partial charge >= 0.3 is 0 Å². The third-order valence-electron chi connectivity index (χ3n) is 4.94. The van der Waals surface area contributed by atoms with Crippen LogP contribution in [-0.4, -0.2) is 57.9 Å². The quantitative estimate of drug-likeness (QED) is 0.532. The number of nitrogens with one attached hydrogen (secondary N) is 1.